The number of aliphatic carboxylic acids is 1. The van der Waals surface area contributed by atoms with Crippen LogP contribution in [-0.4, -0.2) is 23.0 Å². The minimum absolute atomic E-state index is 0.393. The van der Waals surface area contributed by atoms with Crippen molar-refractivity contribution < 1.29 is 14.7 Å². The smallest absolute Gasteiger partial charge is 0.326 e. The molecule has 0 saturated carbocycles. The van der Waals surface area contributed by atoms with Crippen LogP contribution in [0.2, 0.25) is 0 Å². The highest BCUT2D eigenvalue weighted by molar-refractivity contribution is 9.11. The zero-order valence-corrected chi connectivity index (χ0v) is 12.9. The highest BCUT2D eigenvalue weighted by atomic mass is 79.9. The van der Waals surface area contributed by atoms with Crippen molar-refractivity contribution in [2.24, 2.45) is 0 Å². The molecular formula is C12H13Br2NO3. The number of carbonyl (C=O) groups excluding carboxylic acids is 1. The predicted molar refractivity (Wildman–Crippen MR) is 75.6 cm³/mol. The van der Waals surface area contributed by atoms with Gasteiger partial charge in [-0.15, -0.1) is 0 Å². The number of carboxylic acid groups (broad SMARTS) is 1. The zero-order chi connectivity index (χ0) is 13.7. The molecule has 0 heterocycles. The summed E-state index contributed by atoms with van der Waals surface area (Å²) in [4.78, 5) is 22.9. The molecule has 0 aliphatic heterocycles. The van der Waals surface area contributed by atoms with Crippen LogP contribution in [0.1, 0.15) is 30.1 Å². The quantitative estimate of drug-likeness (QED) is 0.826. The maximum Gasteiger partial charge on any atom is 0.326 e. The SMILES string of the molecule is CCC[C@@H](NC(=O)c1ccc(Br)cc1Br)C(=O)O. The van der Waals surface area contributed by atoms with E-state index < -0.39 is 17.9 Å². The highest BCUT2D eigenvalue weighted by Gasteiger charge is 2.20. The minimum atomic E-state index is -1.02. The molecule has 0 spiro atoms. The largest absolute Gasteiger partial charge is 0.480 e. The van der Waals surface area contributed by atoms with Gasteiger partial charge < -0.3 is 10.4 Å². The molecule has 0 bridgehead atoms. The molecule has 1 amide bonds. The van der Waals surface area contributed by atoms with E-state index in [1.165, 1.54) is 0 Å². The third-order valence-electron chi connectivity index (χ3n) is 2.36. The van der Waals surface area contributed by atoms with Gasteiger partial charge in [-0.05, 0) is 40.5 Å². The first-order valence-electron chi connectivity index (χ1n) is 5.44. The molecule has 4 nitrogen and oxygen atoms in total. The van der Waals surface area contributed by atoms with E-state index in [4.69, 9.17) is 5.11 Å². The zero-order valence-electron chi connectivity index (χ0n) is 9.74. The molecule has 6 heteroatoms. The fourth-order valence-electron chi connectivity index (χ4n) is 1.46. The van der Waals surface area contributed by atoms with Crippen LogP contribution in [0.15, 0.2) is 27.1 Å². The molecule has 1 atom stereocenters. The molecule has 18 heavy (non-hydrogen) atoms. The summed E-state index contributed by atoms with van der Waals surface area (Å²) in [5, 5.41) is 11.5. The van der Waals surface area contributed by atoms with Gasteiger partial charge in [0, 0.05) is 8.95 Å². The maximum atomic E-state index is 11.9. The summed E-state index contributed by atoms with van der Waals surface area (Å²) < 4.78 is 1.46. The van der Waals surface area contributed by atoms with Gasteiger partial charge >= 0.3 is 5.97 Å². The van der Waals surface area contributed by atoms with E-state index >= 15 is 0 Å². The number of carboxylic acids is 1. The van der Waals surface area contributed by atoms with E-state index in [2.05, 4.69) is 37.2 Å². The average Bonchev–Trinajstić information content (AvgIpc) is 2.27. The standard InChI is InChI=1S/C12H13Br2NO3/c1-2-3-10(12(17)18)15-11(16)8-5-4-7(13)6-9(8)14/h4-6,10H,2-3H2,1H3,(H,15,16)(H,17,18)/t10-/m1/s1. The van der Waals surface area contributed by atoms with Crippen molar-refractivity contribution in [1.82, 2.24) is 5.32 Å². The van der Waals surface area contributed by atoms with E-state index in [0.29, 0.717) is 22.9 Å². The summed E-state index contributed by atoms with van der Waals surface area (Å²) in [5.41, 5.74) is 0.417. The van der Waals surface area contributed by atoms with Crippen molar-refractivity contribution in [3.8, 4) is 0 Å². The molecule has 1 aromatic carbocycles. The highest BCUT2D eigenvalue weighted by Crippen LogP contribution is 2.22. The minimum Gasteiger partial charge on any atom is -0.480 e. The molecule has 98 valence electrons. The summed E-state index contributed by atoms with van der Waals surface area (Å²) in [6.07, 6.45) is 1.11. The third-order valence-corrected chi connectivity index (χ3v) is 3.51. The Hall–Kier alpha value is -0.880. The third kappa shape index (κ3) is 4.10. The van der Waals surface area contributed by atoms with Gasteiger partial charge in [-0.2, -0.15) is 0 Å². The molecule has 0 unspecified atom stereocenters. The summed E-state index contributed by atoms with van der Waals surface area (Å²) >= 11 is 6.56. The van der Waals surface area contributed by atoms with E-state index in [1.54, 1.807) is 18.2 Å². The Morgan fingerprint density at radius 3 is 2.56 bits per heavy atom. The lowest BCUT2D eigenvalue weighted by Crippen LogP contribution is -2.40. The van der Waals surface area contributed by atoms with E-state index in [9.17, 15) is 9.59 Å². The second kappa shape index (κ2) is 6.89. The number of amides is 1. The number of hydrogen-bond acceptors (Lipinski definition) is 2. The average molecular weight is 379 g/mol. The molecule has 0 aliphatic rings. The van der Waals surface area contributed by atoms with Crippen molar-refractivity contribution in [2.75, 3.05) is 0 Å². The Morgan fingerprint density at radius 1 is 1.39 bits per heavy atom. The lowest BCUT2D eigenvalue weighted by atomic mass is 10.1. The van der Waals surface area contributed by atoms with Crippen LogP contribution >= 0.6 is 31.9 Å². The second-order valence-electron chi connectivity index (χ2n) is 3.78. The monoisotopic (exact) mass is 377 g/mol. The molecule has 2 N–H and O–H groups in total. The van der Waals surface area contributed by atoms with Gasteiger partial charge in [-0.25, -0.2) is 4.79 Å². The Labute approximate surface area is 122 Å². The van der Waals surface area contributed by atoms with E-state index in [0.717, 1.165) is 4.47 Å². The van der Waals surface area contributed by atoms with Crippen LogP contribution in [0.5, 0.6) is 0 Å². The van der Waals surface area contributed by atoms with Gasteiger partial charge in [-0.3, -0.25) is 4.79 Å². The first kappa shape index (κ1) is 15.2. The van der Waals surface area contributed by atoms with Crippen molar-refractivity contribution in [3.63, 3.8) is 0 Å². The Morgan fingerprint density at radius 2 is 2.06 bits per heavy atom. The molecule has 1 rings (SSSR count). The van der Waals surface area contributed by atoms with Crippen LogP contribution in [0.3, 0.4) is 0 Å². The first-order chi connectivity index (χ1) is 8.45. The van der Waals surface area contributed by atoms with Gasteiger partial charge in [0.15, 0.2) is 0 Å². The lowest BCUT2D eigenvalue weighted by molar-refractivity contribution is -0.139. The van der Waals surface area contributed by atoms with Crippen molar-refractivity contribution >= 4 is 43.7 Å². The maximum absolute atomic E-state index is 11.9. The van der Waals surface area contributed by atoms with Gasteiger partial charge in [-0.1, -0.05) is 29.3 Å². The van der Waals surface area contributed by atoms with E-state index in [-0.39, 0.29) is 0 Å². The topological polar surface area (TPSA) is 66.4 Å². The second-order valence-corrected chi connectivity index (χ2v) is 5.55. The molecule has 0 aromatic heterocycles. The first-order valence-corrected chi connectivity index (χ1v) is 7.03. The number of rotatable bonds is 5. The number of hydrogen-bond donors (Lipinski definition) is 2. The van der Waals surface area contributed by atoms with E-state index in [1.807, 2.05) is 6.92 Å². The fourth-order valence-corrected chi connectivity index (χ4v) is 2.68. The lowest BCUT2D eigenvalue weighted by Gasteiger charge is -2.14. The number of benzene rings is 1. The Kier molecular flexibility index (Phi) is 5.81. The van der Waals surface area contributed by atoms with Crippen LogP contribution in [-0.2, 0) is 4.79 Å². The van der Waals surface area contributed by atoms with Crippen LogP contribution in [0, 0.1) is 0 Å². The molecular weight excluding hydrogens is 366 g/mol. The summed E-state index contributed by atoms with van der Waals surface area (Å²) in [5.74, 6) is -1.41. The summed E-state index contributed by atoms with van der Waals surface area (Å²) in [6, 6.07) is 4.26. The van der Waals surface area contributed by atoms with Gasteiger partial charge in [0.2, 0.25) is 0 Å². The summed E-state index contributed by atoms with van der Waals surface area (Å²) in [6.45, 7) is 1.87. The van der Waals surface area contributed by atoms with Crippen molar-refractivity contribution in [2.45, 2.75) is 25.8 Å². The van der Waals surface area contributed by atoms with Crippen LogP contribution < -0.4 is 5.32 Å². The molecule has 0 aliphatic carbocycles. The molecule has 1 aromatic rings. The normalized spacial score (nSPS) is 11.9. The molecule has 0 radical (unpaired) electrons. The van der Waals surface area contributed by atoms with Crippen LogP contribution in [0.25, 0.3) is 0 Å². The van der Waals surface area contributed by atoms with Gasteiger partial charge in [0.25, 0.3) is 5.91 Å². The van der Waals surface area contributed by atoms with Gasteiger partial charge in [0.05, 0.1) is 5.56 Å². The fraction of sp³-hybridized carbons (Fsp3) is 0.333. The number of nitrogens with one attached hydrogen (secondary N) is 1. The molecule has 0 fully saturated rings. The van der Waals surface area contributed by atoms with Crippen molar-refractivity contribution in [3.05, 3.63) is 32.7 Å². The number of halogens is 2. The Balaban J connectivity index is 2.83. The number of carbonyl (C=O) groups is 2. The Bertz CT molecular complexity index is 463. The van der Waals surface area contributed by atoms with Crippen molar-refractivity contribution in [1.29, 1.82) is 0 Å². The van der Waals surface area contributed by atoms with Crippen LogP contribution in [0.4, 0.5) is 0 Å². The molecule has 0 saturated heterocycles. The summed E-state index contributed by atoms with van der Waals surface area (Å²) in [7, 11) is 0. The predicted octanol–water partition coefficient (Wildman–Crippen LogP) is 3.19. The van der Waals surface area contributed by atoms with Gasteiger partial charge in [0.1, 0.15) is 6.04 Å².